The van der Waals surface area contributed by atoms with Gasteiger partial charge in [-0.05, 0) is 48.4 Å². The molecule has 2 heterocycles. The normalized spacial score (nSPS) is 12.7. The number of amides is 2. The van der Waals surface area contributed by atoms with Crippen molar-refractivity contribution in [1.29, 1.82) is 0 Å². The summed E-state index contributed by atoms with van der Waals surface area (Å²) in [5.74, 6) is 1.61. The third kappa shape index (κ3) is 4.47. The van der Waals surface area contributed by atoms with Crippen LogP contribution < -0.4 is 19.8 Å². The first kappa shape index (κ1) is 25.0. The lowest BCUT2D eigenvalue weighted by Gasteiger charge is -2.18. The standard InChI is InChI=1S/C29H27N3O6/c1-36-19-9-10-22-23(17-19)30-26(13-15-32-27(33)20-6-4-5-7-21(20)28(32)34)31(29(22)35)14-12-18-8-11-24(37-2)25(16-18)38-3/h4-11,16-17H,12-15H2,1-3H3. The third-order valence-electron chi connectivity index (χ3n) is 6.75. The zero-order valence-corrected chi connectivity index (χ0v) is 21.4. The van der Waals surface area contributed by atoms with Gasteiger partial charge in [0, 0.05) is 25.6 Å². The summed E-state index contributed by atoms with van der Waals surface area (Å²) < 4.78 is 17.7. The summed E-state index contributed by atoms with van der Waals surface area (Å²) in [6, 6.07) is 17.5. The van der Waals surface area contributed by atoms with Gasteiger partial charge in [0.1, 0.15) is 11.6 Å². The number of hydrogen-bond acceptors (Lipinski definition) is 7. The van der Waals surface area contributed by atoms with Gasteiger partial charge in [-0.3, -0.25) is 23.9 Å². The minimum atomic E-state index is -0.340. The van der Waals surface area contributed by atoms with E-state index in [1.54, 1.807) is 68.4 Å². The van der Waals surface area contributed by atoms with Crippen LogP contribution in [-0.2, 0) is 19.4 Å². The Balaban J connectivity index is 1.47. The molecule has 9 nitrogen and oxygen atoms in total. The lowest BCUT2D eigenvalue weighted by atomic mass is 10.1. The molecule has 1 aliphatic rings. The minimum Gasteiger partial charge on any atom is -0.497 e. The second kappa shape index (κ2) is 10.4. The van der Waals surface area contributed by atoms with Crippen molar-refractivity contribution >= 4 is 22.7 Å². The number of rotatable bonds is 9. The van der Waals surface area contributed by atoms with Crippen LogP contribution in [-0.4, -0.2) is 54.1 Å². The quantitative estimate of drug-likeness (QED) is 0.316. The highest BCUT2D eigenvalue weighted by molar-refractivity contribution is 6.21. The molecule has 2 amide bonds. The molecule has 194 valence electrons. The molecule has 0 N–H and O–H groups in total. The summed E-state index contributed by atoms with van der Waals surface area (Å²) in [6.07, 6.45) is 0.753. The van der Waals surface area contributed by atoms with E-state index < -0.39 is 0 Å². The second-order valence-corrected chi connectivity index (χ2v) is 8.86. The Kier molecular flexibility index (Phi) is 6.83. The smallest absolute Gasteiger partial charge is 0.261 e. The van der Waals surface area contributed by atoms with Crippen molar-refractivity contribution < 1.29 is 23.8 Å². The Morgan fingerprint density at radius 3 is 2.11 bits per heavy atom. The number of carbonyl (C=O) groups excluding carboxylic acids is 2. The highest BCUT2D eigenvalue weighted by Crippen LogP contribution is 2.28. The average molecular weight is 514 g/mol. The number of methoxy groups -OCH3 is 3. The van der Waals surface area contributed by atoms with Gasteiger partial charge in [0.25, 0.3) is 17.4 Å². The highest BCUT2D eigenvalue weighted by Gasteiger charge is 2.35. The lowest BCUT2D eigenvalue weighted by molar-refractivity contribution is 0.0655. The summed E-state index contributed by atoms with van der Waals surface area (Å²) in [5.41, 5.74) is 2.03. The van der Waals surface area contributed by atoms with Crippen LogP contribution in [0.3, 0.4) is 0 Å². The first-order chi connectivity index (χ1) is 18.4. The van der Waals surface area contributed by atoms with Crippen molar-refractivity contribution in [3.63, 3.8) is 0 Å². The van der Waals surface area contributed by atoms with Gasteiger partial charge < -0.3 is 14.2 Å². The predicted octanol–water partition coefficient (Wildman–Crippen LogP) is 3.50. The van der Waals surface area contributed by atoms with E-state index in [4.69, 9.17) is 19.2 Å². The van der Waals surface area contributed by atoms with Gasteiger partial charge in [-0.2, -0.15) is 0 Å². The van der Waals surface area contributed by atoms with Crippen molar-refractivity contribution in [3.8, 4) is 17.2 Å². The van der Waals surface area contributed by atoms with Crippen LogP contribution >= 0.6 is 0 Å². The van der Waals surface area contributed by atoms with Crippen LogP contribution in [0.2, 0.25) is 0 Å². The van der Waals surface area contributed by atoms with Gasteiger partial charge >= 0.3 is 0 Å². The summed E-state index contributed by atoms with van der Waals surface area (Å²) >= 11 is 0. The van der Waals surface area contributed by atoms with Crippen molar-refractivity contribution in [2.24, 2.45) is 0 Å². The first-order valence-corrected chi connectivity index (χ1v) is 12.2. The monoisotopic (exact) mass is 513 g/mol. The van der Waals surface area contributed by atoms with E-state index in [1.165, 1.54) is 4.90 Å². The maximum absolute atomic E-state index is 13.6. The van der Waals surface area contributed by atoms with Crippen LogP contribution in [0.15, 0.2) is 65.5 Å². The molecule has 0 saturated carbocycles. The molecule has 1 aromatic heterocycles. The van der Waals surface area contributed by atoms with E-state index in [-0.39, 0.29) is 30.3 Å². The summed E-state index contributed by atoms with van der Waals surface area (Å²) in [7, 11) is 4.70. The Labute approximate surface area is 219 Å². The molecule has 0 saturated heterocycles. The van der Waals surface area contributed by atoms with Crippen LogP contribution in [0, 0.1) is 0 Å². The minimum absolute atomic E-state index is 0.102. The fraction of sp³-hybridized carbons (Fsp3) is 0.241. The Hall–Kier alpha value is -4.66. The fourth-order valence-electron chi connectivity index (χ4n) is 4.73. The zero-order chi connectivity index (χ0) is 26.8. The average Bonchev–Trinajstić information content (AvgIpc) is 3.19. The lowest BCUT2D eigenvalue weighted by Crippen LogP contribution is -2.34. The van der Waals surface area contributed by atoms with E-state index >= 15 is 0 Å². The zero-order valence-electron chi connectivity index (χ0n) is 21.4. The van der Waals surface area contributed by atoms with Gasteiger partial charge in [-0.25, -0.2) is 4.98 Å². The topological polar surface area (TPSA) is 100.0 Å². The number of aromatic nitrogens is 2. The molecule has 0 bridgehead atoms. The molecule has 0 aliphatic carbocycles. The van der Waals surface area contributed by atoms with Crippen LogP contribution in [0.4, 0.5) is 0 Å². The molecule has 3 aromatic carbocycles. The van der Waals surface area contributed by atoms with E-state index in [0.29, 0.717) is 58.1 Å². The molecule has 1 aliphatic heterocycles. The van der Waals surface area contributed by atoms with Gasteiger partial charge in [-0.1, -0.05) is 18.2 Å². The summed E-state index contributed by atoms with van der Waals surface area (Å²) in [5, 5.41) is 0.461. The van der Waals surface area contributed by atoms with Gasteiger partial charge in [-0.15, -0.1) is 0 Å². The number of imide groups is 1. The molecule has 0 atom stereocenters. The number of nitrogens with zero attached hydrogens (tertiary/aromatic N) is 3. The third-order valence-corrected chi connectivity index (χ3v) is 6.75. The molecule has 0 radical (unpaired) electrons. The van der Waals surface area contributed by atoms with Crippen molar-refractivity contribution in [3.05, 3.63) is 93.5 Å². The number of ether oxygens (including phenoxy) is 3. The van der Waals surface area contributed by atoms with Crippen LogP contribution in [0.1, 0.15) is 32.1 Å². The highest BCUT2D eigenvalue weighted by atomic mass is 16.5. The number of fused-ring (bicyclic) bond motifs is 2. The number of carbonyl (C=O) groups is 2. The van der Waals surface area contributed by atoms with Crippen molar-refractivity contribution in [2.45, 2.75) is 19.4 Å². The predicted molar refractivity (Wildman–Crippen MR) is 141 cm³/mol. The molecule has 0 unspecified atom stereocenters. The maximum Gasteiger partial charge on any atom is 0.261 e. The van der Waals surface area contributed by atoms with E-state index in [1.807, 2.05) is 18.2 Å². The summed E-state index contributed by atoms with van der Waals surface area (Å²) in [6.45, 7) is 0.450. The number of hydrogen-bond donors (Lipinski definition) is 0. The Bertz CT molecular complexity index is 1580. The Morgan fingerprint density at radius 1 is 0.737 bits per heavy atom. The molecule has 4 aromatic rings. The molecule has 38 heavy (non-hydrogen) atoms. The van der Waals surface area contributed by atoms with Crippen molar-refractivity contribution in [2.75, 3.05) is 27.9 Å². The Morgan fingerprint density at radius 2 is 1.45 bits per heavy atom. The van der Waals surface area contributed by atoms with Gasteiger partial charge in [0.2, 0.25) is 0 Å². The van der Waals surface area contributed by atoms with Crippen LogP contribution in [0.5, 0.6) is 17.2 Å². The van der Waals surface area contributed by atoms with E-state index in [2.05, 4.69) is 0 Å². The molecule has 9 heteroatoms. The van der Waals surface area contributed by atoms with Crippen molar-refractivity contribution in [1.82, 2.24) is 14.5 Å². The molecule has 5 rings (SSSR count). The molecular formula is C29H27N3O6. The van der Waals surface area contributed by atoms with E-state index in [9.17, 15) is 14.4 Å². The van der Waals surface area contributed by atoms with Gasteiger partial charge in [0.05, 0.1) is 43.4 Å². The largest absolute Gasteiger partial charge is 0.497 e. The van der Waals surface area contributed by atoms with E-state index in [0.717, 1.165) is 5.56 Å². The maximum atomic E-state index is 13.6. The first-order valence-electron chi connectivity index (χ1n) is 12.2. The number of aryl methyl sites for hydroxylation is 1. The second-order valence-electron chi connectivity index (χ2n) is 8.86. The number of benzene rings is 3. The fourth-order valence-corrected chi connectivity index (χ4v) is 4.73. The summed E-state index contributed by atoms with van der Waals surface area (Å²) in [4.78, 5) is 45.3. The SMILES string of the molecule is COc1ccc2c(=O)n(CCc3ccc(OC)c(OC)c3)c(CCN3C(=O)c4ccccc4C3=O)nc2c1. The molecule has 0 spiro atoms. The molecule has 0 fully saturated rings. The van der Waals surface area contributed by atoms with Gasteiger partial charge in [0.15, 0.2) is 11.5 Å². The van der Waals surface area contributed by atoms with Crippen LogP contribution in [0.25, 0.3) is 10.9 Å². The molecular weight excluding hydrogens is 486 g/mol.